The Kier molecular flexibility index (Phi) is 8.71. The quantitative estimate of drug-likeness (QED) is 0.275. The Balaban J connectivity index is 1.54. The number of fused-ring (bicyclic) bond motifs is 1. The van der Waals surface area contributed by atoms with Crippen molar-refractivity contribution in [2.24, 2.45) is 0 Å². The van der Waals surface area contributed by atoms with E-state index < -0.39 is 47.3 Å². The van der Waals surface area contributed by atoms with Crippen LogP contribution in [0.3, 0.4) is 0 Å². The molecule has 2 aliphatic heterocycles. The van der Waals surface area contributed by atoms with Crippen LogP contribution in [-0.4, -0.2) is 62.2 Å². The molecule has 1 unspecified atom stereocenters. The van der Waals surface area contributed by atoms with E-state index in [-0.39, 0.29) is 66.8 Å². The summed E-state index contributed by atoms with van der Waals surface area (Å²) in [6.45, 7) is 0.0882. The van der Waals surface area contributed by atoms with Gasteiger partial charge in [0.2, 0.25) is 11.8 Å². The van der Waals surface area contributed by atoms with Gasteiger partial charge in [-0.05, 0) is 42.3 Å². The van der Waals surface area contributed by atoms with Crippen molar-refractivity contribution in [3.63, 3.8) is 0 Å². The molecule has 1 fully saturated rings. The molecular weight excluding hydrogens is 587 g/mol. The van der Waals surface area contributed by atoms with Crippen LogP contribution in [0.2, 0.25) is 0 Å². The number of ether oxygens (including phenoxy) is 4. The summed E-state index contributed by atoms with van der Waals surface area (Å²) < 4.78 is 63.9. The van der Waals surface area contributed by atoms with Crippen molar-refractivity contribution in [1.29, 1.82) is 0 Å². The molecule has 4 amide bonds. The highest BCUT2D eigenvalue weighted by Crippen LogP contribution is 2.44. The van der Waals surface area contributed by atoms with Gasteiger partial charge in [-0.1, -0.05) is 6.07 Å². The van der Waals surface area contributed by atoms with Crippen molar-refractivity contribution in [2.45, 2.75) is 25.4 Å². The van der Waals surface area contributed by atoms with Gasteiger partial charge in [0, 0.05) is 32.2 Å². The Bertz CT molecular complexity index is 1650. The average Bonchev–Trinajstić information content (AvgIpc) is 3.32. The number of halogens is 3. The van der Waals surface area contributed by atoms with E-state index in [1.165, 1.54) is 30.2 Å². The maximum Gasteiger partial charge on any atom is 0.418 e. The zero-order chi connectivity index (χ0) is 31.5. The van der Waals surface area contributed by atoms with Crippen LogP contribution < -0.4 is 19.7 Å². The van der Waals surface area contributed by atoms with Crippen LogP contribution >= 0.6 is 0 Å². The lowest BCUT2D eigenvalue weighted by Crippen LogP contribution is -2.52. The molecule has 44 heavy (non-hydrogen) atoms. The summed E-state index contributed by atoms with van der Waals surface area (Å²) in [5, 5.41) is 2.24. The lowest BCUT2D eigenvalue weighted by molar-refractivity contribution is -0.136. The predicted octanol–water partition coefficient (Wildman–Crippen LogP) is 4.59. The first-order valence-electron chi connectivity index (χ1n) is 13.4. The largest absolute Gasteiger partial charge is 0.488 e. The second-order valence-electron chi connectivity index (χ2n) is 9.79. The van der Waals surface area contributed by atoms with Gasteiger partial charge in [0.15, 0.2) is 23.2 Å². The molecule has 0 aliphatic carbocycles. The zero-order valence-electron chi connectivity index (χ0n) is 23.5. The Morgan fingerprint density at radius 3 is 2.30 bits per heavy atom. The molecule has 0 aromatic heterocycles. The fraction of sp³-hybridized carbons (Fsp3) is 0.267. The monoisotopic (exact) mass is 613 g/mol. The summed E-state index contributed by atoms with van der Waals surface area (Å²) in [5.41, 5.74) is 0.184. The summed E-state index contributed by atoms with van der Waals surface area (Å²) in [6, 6.07) is 8.33. The average molecular weight is 614 g/mol. The molecule has 14 heteroatoms. The topological polar surface area (TPSA) is 124 Å². The van der Waals surface area contributed by atoms with Gasteiger partial charge >= 0.3 is 6.09 Å². The maximum atomic E-state index is 15.6. The van der Waals surface area contributed by atoms with Gasteiger partial charge in [-0.3, -0.25) is 19.7 Å². The number of hydrogen-bond donors (Lipinski definition) is 1. The molecule has 0 bridgehead atoms. The molecule has 1 atom stereocenters. The Morgan fingerprint density at radius 1 is 0.932 bits per heavy atom. The molecule has 0 radical (unpaired) electrons. The number of benzene rings is 3. The third-order valence-corrected chi connectivity index (χ3v) is 7.04. The van der Waals surface area contributed by atoms with Gasteiger partial charge in [-0.2, -0.15) is 0 Å². The number of carbonyl (C=O) groups is 4. The van der Waals surface area contributed by atoms with Gasteiger partial charge in [0.25, 0.3) is 5.91 Å². The lowest BCUT2D eigenvalue weighted by atomic mass is 10.0. The van der Waals surface area contributed by atoms with Crippen LogP contribution in [0, 0.1) is 17.5 Å². The van der Waals surface area contributed by atoms with Gasteiger partial charge in [-0.25, -0.2) is 22.9 Å². The first-order chi connectivity index (χ1) is 21.1. The van der Waals surface area contributed by atoms with Crippen molar-refractivity contribution in [2.75, 3.05) is 32.3 Å². The minimum atomic E-state index is -1.15. The number of imide groups is 1. The molecular formula is C30H26F3N3O8. The van der Waals surface area contributed by atoms with E-state index in [2.05, 4.69) is 5.32 Å². The number of rotatable bonds is 9. The van der Waals surface area contributed by atoms with Crippen molar-refractivity contribution in [3.05, 3.63) is 77.1 Å². The zero-order valence-corrected chi connectivity index (χ0v) is 23.5. The molecule has 2 heterocycles. The maximum absolute atomic E-state index is 15.6. The normalized spacial score (nSPS) is 16.0. The van der Waals surface area contributed by atoms with Gasteiger partial charge < -0.3 is 23.8 Å². The van der Waals surface area contributed by atoms with Crippen LogP contribution in [0.25, 0.3) is 0 Å². The van der Waals surface area contributed by atoms with Crippen molar-refractivity contribution in [1.82, 2.24) is 10.2 Å². The number of nitrogens with one attached hydrogen (secondary N) is 1. The van der Waals surface area contributed by atoms with Crippen LogP contribution in [0.5, 0.6) is 17.2 Å². The Labute approximate surface area is 249 Å². The molecule has 2 aliphatic rings. The van der Waals surface area contributed by atoms with Crippen molar-refractivity contribution >= 4 is 35.2 Å². The molecule has 3 aromatic rings. The first-order valence-corrected chi connectivity index (χ1v) is 13.4. The number of nitrogens with zero attached hydrogens (tertiary/aromatic N) is 2. The SMILES string of the molecule is COCCOc1c(N(C(=O)OC)c2ccc(Oc3ccc(F)c(F)c3)cc2F)ccc2c1C(=O)N(C1CCC(=O)NC1=O)C2. The standard InChI is InChI=1S/C30H26F3N3O8/c1-41-11-12-43-27-23(7-3-16-15-35(29(39)26(16)27)24-9-10-25(37)34-28(24)38)36(30(40)42-2)22-8-5-18(14-21(22)33)44-17-4-6-19(31)20(32)13-17/h3-8,13-14,24H,9-12,15H2,1-2H3,(H,34,37,38). The van der Waals surface area contributed by atoms with Gasteiger partial charge in [0.1, 0.15) is 24.1 Å². The highest BCUT2D eigenvalue weighted by molar-refractivity contribution is 6.09. The summed E-state index contributed by atoms with van der Waals surface area (Å²) in [7, 11) is 2.53. The summed E-state index contributed by atoms with van der Waals surface area (Å²) in [5.74, 6) is -5.06. The summed E-state index contributed by atoms with van der Waals surface area (Å²) in [4.78, 5) is 53.3. The first kappa shape index (κ1) is 30.4. The molecule has 230 valence electrons. The molecule has 5 rings (SSSR count). The summed E-state index contributed by atoms with van der Waals surface area (Å²) in [6.07, 6.45) is -0.832. The highest BCUT2D eigenvalue weighted by Gasteiger charge is 2.42. The third-order valence-electron chi connectivity index (χ3n) is 7.04. The van der Waals surface area contributed by atoms with Crippen LogP contribution in [0.1, 0.15) is 28.8 Å². The molecule has 1 saturated heterocycles. The van der Waals surface area contributed by atoms with E-state index in [4.69, 9.17) is 18.9 Å². The summed E-state index contributed by atoms with van der Waals surface area (Å²) >= 11 is 0. The molecule has 1 N–H and O–H groups in total. The number of anilines is 2. The highest BCUT2D eigenvalue weighted by atomic mass is 19.2. The number of piperidine rings is 1. The fourth-order valence-corrected chi connectivity index (χ4v) is 4.98. The number of methoxy groups -OCH3 is 2. The minimum Gasteiger partial charge on any atom is -0.488 e. The molecule has 0 saturated carbocycles. The Hall–Kier alpha value is -5.11. The second-order valence-corrected chi connectivity index (χ2v) is 9.79. The minimum absolute atomic E-state index is 0.0317. The second kappa shape index (κ2) is 12.6. The van der Waals surface area contributed by atoms with E-state index >= 15 is 4.39 Å². The molecule has 0 spiro atoms. The smallest absolute Gasteiger partial charge is 0.418 e. The van der Waals surface area contributed by atoms with E-state index in [1.807, 2.05) is 0 Å². The predicted molar refractivity (Wildman–Crippen MR) is 147 cm³/mol. The van der Waals surface area contributed by atoms with E-state index in [9.17, 15) is 28.0 Å². The number of amides is 4. The Morgan fingerprint density at radius 2 is 1.64 bits per heavy atom. The van der Waals surface area contributed by atoms with Crippen molar-refractivity contribution < 1.29 is 51.3 Å². The molecule has 11 nitrogen and oxygen atoms in total. The van der Waals surface area contributed by atoms with E-state index in [0.29, 0.717) is 5.56 Å². The van der Waals surface area contributed by atoms with Crippen molar-refractivity contribution in [3.8, 4) is 17.2 Å². The third kappa shape index (κ3) is 5.88. The lowest BCUT2D eigenvalue weighted by Gasteiger charge is -2.29. The van der Waals surface area contributed by atoms with Gasteiger partial charge in [-0.15, -0.1) is 0 Å². The van der Waals surface area contributed by atoms with Crippen LogP contribution in [0.4, 0.5) is 29.3 Å². The number of carbonyl (C=O) groups excluding carboxylic acids is 4. The fourth-order valence-electron chi connectivity index (χ4n) is 4.98. The van der Waals surface area contributed by atoms with Crippen LogP contribution in [-0.2, 0) is 25.6 Å². The van der Waals surface area contributed by atoms with E-state index in [1.54, 1.807) is 6.07 Å². The van der Waals surface area contributed by atoms with Gasteiger partial charge in [0.05, 0.1) is 30.7 Å². The number of hydrogen-bond acceptors (Lipinski definition) is 8. The molecule has 3 aromatic carbocycles. The van der Waals surface area contributed by atoms with E-state index in [0.717, 1.165) is 36.3 Å². The van der Waals surface area contributed by atoms with Crippen LogP contribution in [0.15, 0.2) is 48.5 Å².